The van der Waals surface area contributed by atoms with Crippen molar-refractivity contribution in [1.29, 1.82) is 0 Å². The van der Waals surface area contributed by atoms with E-state index in [1.54, 1.807) is 19.0 Å². The summed E-state index contributed by atoms with van der Waals surface area (Å²) >= 11 is 6.08. The number of halogens is 1. The number of hydrogen-bond acceptors (Lipinski definition) is 11. The molecule has 1 amide bonds. The van der Waals surface area contributed by atoms with Crippen LogP contribution in [0.5, 0.6) is 5.75 Å². The summed E-state index contributed by atoms with van der Waals surface area (Å²) in [6.07, 6.45) is -0.0394. The fourth-order valence-electron chi connectivity index (χ4n) is 6.68. The Morgan fingerprint density at radius 2 is 1.50 bits per heavy atom. The van der Waals surface area contributed by atoms with Crippen LogP contribution in [0, 0.1) is 0 Å². The van der Waals surface area contributed by atoms with E-state index in [4.69, 9.17) is 50.1 Å². The highest BCUT2D eigenvalue weighted by molar-refractivity contribution is 6.75. The van der Waals surface area contributed by atoms with E-state index in [1.165, 1.54) is 6.33 Å². The average Bonchev–Trinajstić information content (AvgIpc) is 3.71. The number of alkyl halides is 1. The lowest BCUT2D eigenvalue weighted by molar-refractivity contribution is -0.0461. The lowest BCUT2D eigenvalue weighted by Crippen LogP contribution is -2.54. The Balaban J connectivity index is 1.63. The smallest absolute Gasteiger partial charge is 0.253 e. The molecule has 1 fully saturated rings. The molecular weight excluding hydrogens is 878 g/mol. The number of rotatable bonds is 17. The molecule has 1 saturated heterocycles. The van der Waals surface area contributed by atoms with Crippen molar-refractivity contribution in [3.05, 3.63) is 59.9 Å². The molecule has 0 bridgehead atoms. The van der Waals surface area contributed by atoms with Gasteiger partial charge < -0.3 is 38.7 Å². The maximum absolute atomic E-state index is 12.9. The normalized spacial score (nSPS) is 19.0. The zero-order valence-electron chi connectivity index (χ0n) is 41.6. The molecule has 4 atom stereocenters. The van der Waals surface area contributed by atoms with E-state index in [9.17, 15) is 4.79 Å². The van der Waals surface area contributed by atoms with Gasteiger partial charge in [0.2, 0.25) is 5.95 Å². The van der Waals surface area contributed by atoms with Crippen LogP contribution < -0.4 is 15.8 Å². The molecule has 2 aromatic carbocycles. The highest BCUT2D eigenvalue weighted by Gasteiger charge is 2.55. The van der Waals surface area contributed by atoms with Crippen LogP contribution in [0.3, 0.4) is 0 Å². The second-order valence-corrected chi connectivity index (χ2v) is 36.6. The Morgan fingerprint density at radius 3 is 2.09 bits per heavy atom. The number of benzene rings is 2. The number of carbonyl (C=O) groups excluding carboxylic acids is 1. The molecule has 4 aromatic rings. The minimum atomic E-state index is -2.47. The van der Waals surface area contributed by atoms with E-state index in [1.807, 2.05) is 47.0 Å². The number of aromatic nitrogens is 4. The van der Waals surface area contributed by atoms with Crippen molar-refractivity contribution in [3.63, 3.8) is 0 Å². The average molecular weight is 955 g/mol. The van der Waals surface area contributed by atoms with Crippen molar-refractivity contribution in [1.82, 2.24) is 24.4 Å². The molecule has 64 heavy (non-hydrogen) atoms. The number of nitrogen functional groups attached to an aromatic ring is 1. The van der Waals surface area contributed by atoms with Crippen LogP contribution in [-0.2, 0) is 24.6 Å². The number of nitrogens with two attached hydrogens (primary N) is 1. The standard InChI is InChI=1S/C47H76ClN7O6Si3/c1-45(2,3)62(12,13)58-29-36-38(60-63(14,15)46(4,5)6)39(61-64(16,17)47(7,8)9)43(59-36)55-41-37(40(49)51-30-52-41)53-44(55)50-28-31-22-23-34(35(26-31)57-25-19-24-48)32-20-18-21-33(27-32)42(56)54(10)11/h18,20-23,26-27,30,36,38-39,43H,19,24-25,28-29H2,1-17H3,(H,50,53)(H2,49,51,52)/t36-,38-,39-,43-/m1/s1. The van der Waals surface area contributed by atoms with Crippen LogP contribution in [-0.4, -0.2) is 107 Å². The topological polar surface area (TPSA) is 148 Å². The summed E-state index contributed by atoms with van der Waals surface area (Å²) in [4.78, 5) is 28.7. The van der Waals surface area contributed by atoms with Gasteiger partial charge in [-0.1, -0.05) is 86.6 Å². The van der Waals surface area contributed by atoms with E-state index in [0.717, 1.165) is 16.7 Å². The first-order valence-electron chi connectivity index (χ1n) is 22.5. The minimum absolute atomic E-state index is 0.00765. The van der Waals surface area contributed by atoms with Crippen LogP contribution in [0.25, 0.3) is 22.3 Å². The van der Waals surface area contributed by atoms with E-state index in [2.05, 4.69) is 112 Å². The molecule has 0 spiro atoms. The van der Waals surface area contributed by atoms with Gasteiger partial charge >= 0.3 is 0 Å². The number of hydrogen-bond donors (Lipinski definition) is 2. The molecule has 5 rings (SSSR count). The van der Waals surface area contributed by atoms with Gasteiger partial charge in [-0.3, -0.25) is 9.36 Å². The highest BCUT2D eigenvalue weighted by Crippen LogP contribution is 2.48. The van der Waals surface area contributed by atoms with E-state index in [0.29, 0.717) is 60.5 Å². The van der Waals surface area contributed by atoms with Gasteiger partial charge in [0.05, 0.1) is 13.2 Å². The summed E-state index contributed by atoms with van der Waals surface area (Å²) < 4.78 is 37.6. The van der Waals surface area contributed by atoms with E-state index >= 15 is 0 Å². The molecule has 1 aliphatic rings. The number of imidazole rings is 1. The van der Waals surface area contributed by atoms with Gasteiger partial charge in [0.1, 0.15) is 30.4 Å². The number of ether oxygens (including phenoxy) is 2. The molecule has 0 unspecified atom stereocenters. The monoisotopic (exact) mass is 953 g/mol. The molecule has 3 heterocycles. The first-order chi connectivity index (χ1) is 29.5. The third-order valence-electron chi connectivity index (χ3n) is 13.8. The molecule has 0 radical (unpaired) electrons. The quantitative estimate of drug-likeness (QED) is 0.0592. The van der Waals surface area contributed by atoms with Gasteiger partial charge in [0.15, 0.2) is 48.2 Å². The van der Waals surface area contributed by atoms with E-state index in [-0.39, 0.29) is 26.8 Å². The lowest BCUT2D eigenvalue weighted by Gasteiger charge is -2.44. The minimum Gasteiger partial charge on any atom is -0.493 e. The van der Waals surface area contributed by atoms with Gasteiger partial charge in [-0.05, 0) is 90.1 Å². The molecule has 354 valence electrons. The highest BCUT2D eigenvalue weighted by atomic mass is 35.5. The number of nitrogens with one attached hydrogen (secondary N) is 1. The number of amides is 1. The second-order valence-electron chi connectivity index (χ2n) is 21.9. The molecule has 1 aliphatic heterocycles. The van der Waals surface area contributed by atoms with Crippen molar-refractivity contribution in [3.8, 4) is 16.9 Å². The number of fused-ring (bicyclic) bond motifs is 1. The summed E-state index contributed by atoms with van der Waals surface area (Å²) in [7, 11) is -3.60. The number of carbonyl (C=O) groups is 1. The van der Waals surface area contributed by atoms with Crippen LogP contribution in [0.15, 0.2) is 48.8 Å². The van der Waals surface area contributed by atoms with Crippen molar-refractivity contribution in [2.24, 2.45) is 0 Å². The van der Waals surface area contributed by atoms with Gasteiger partial charge in [0, 0.05) is 37.6 Å². The third-order valence-corrected chi connectivity index (χ3v) is 27.5. The Bertz CT molecular complexity index is 2250. The fraction of sp³-hybridized carbons (Fsp3) is 0.617. The summed E-state index contributed by atoms with van der Waals surface area (Å²) in [6.45, 7) is 35.0. The second kappa shape index (κ2) is 19.5. The van der Waals surface area contributed by atoms with Crippen molar-refractivity contribution < 1.29 is 27.5 Å². The summed E-state index contributed by atoms with van der Waals surface area (Å²) in [5.41, 5.74) is 10.8. The molecular formula is C47H76ClN7O6Si3. The molecule has 3 N–H and O–H groups in total. The third kappa shape index (κ3) is 11.4. The summed E-state index contributed by atoms with van der Waals surface area (Å²) in [5, 5.41) is 3.42. The maximum atomic E-state index is 12.9. The molecule has 0 aliphatic carbocycles. The maximum Gasteiger partial charge on any atom is 0.253 e. The van der Waals surface area contributed by atoms with E-state index < -0.39 is 49.5 Å². The first-order valence-corrected chi connectivity index (χ1v) is 31.8. The van der Waals surface area contributed by atoms with Gasteiger partial charge in [-0.25, -0.2) is 15.0 Å². The van der Waals surface area contributed by atoms with Gasteiger partial charge in [-0.15, -0.1) is 11.6 Å². The van der Waals surface area contributed by atoms with Crippen LogP contribution in [0.1, 0.15) is 90.9 Å². The molecule has 2 aromatic heterocycles. The largest absolute Gasteiger partial charge is 0.493 e. The van der Waals surface area contributed by atoms with Crippen molar-refractivity contribution >= 4 is 65.4 Å². The Hall–Kier alpha value is -3.36. The van der Waals surface area contributed by atoms with Gasteiger partial charge in [0.25, 0.3) is 5.91 Å². The van der Waals surface area contributed by atoms with Crippen LogP contribution >= 0.6 is 11.6 Å². The Kier molecular flexibility index (Phi) is 15.7. The summed E-state index contributed by atoms with van der Waals surface area (Å²) in [5.74, 6) is 1.83. The molecule has 13 nitrogen and oxygen atoms in total. The zero-order chi connectivity index (χ0) is 47.8. The predicted molar refractivity (Wildman–Crippen MR) is 269 cm³/mol. The predicted octanol–water partition coefficient (Wildman–Crippen LogP) is 11.1. The Morgan fingerprint density at radius 1 is 0.875 bits per heavy atom. The SMILES string of the molecule is CN(C)C(=O)c1cccc(-c2ccc(CNc3nc4c(N)ncnc4n3[C@@H]3O[C@H](CO[Si](C)(C)C(C)(C)C)[C@@H](O[Si](C)(C)C(C)(C)C)[C@H]3O[Si](C)(C)C(C)(C)C)cc2OCCCCl)c1. The zero-order valence-corrected chi connectivity index (χ0v) is 45.4. The molecule has 17 heteroatoms. The van der Waals surface area contributed by atoms with Crippen molar-refractivity contribution in [2.45, 2.75) is 154 Å². The van der Waals surface area contributed by atoms with Crippen LogP contribution in [0.4, 0.5) is 11.8 Å². The number of nitrogens with zero attached hydrogens (tertiary/aromatic N) is 5. The lowest BCUT2D eigenvalue weighted by atomic mass is 10.00. The Labute approximate surface area is 390 Å². The van der Waals surface area contributed by atoms with Crippen LogP contribution in [0.2, 0.25) is 54.4 Å². The van der Waals surface area contributed by atoms with Gasteiger partial charge in [-0.2, -0.15) is 0 Å². The first kappa shape index (κ1) is 51.6. The molecule has 0 saturated carbocycles. The van der Waals surface area contributed by atoms with Crippen molar-refractivity contribution in [2.75, 3.05) is 44.2 Å². The number of anilines is 2. The fourth-order valence-corrected chi connectivity index (χ4v) is 10.4. The summed E-state index contributed by atoms with van der Waals surface area (Å²) in [6, 6.07) is 13.7.